The van der Waals surface area contributed by atoms with Gasteiger partial charge in [0, 0.05) is 12.6 Å². The van der Waals surface area contributed by atoms with E-state index in [4.69, 9.17) is 27.9 Å². The minimum Gasteiger partial charge on any atom is -0.494 e. The third-order valence-electron chi connectivity index (χ3n) is 2.97. The summed E-state index contributed by atoms with van der Waals surface area (Å²) in [7, 11) is 0. The van der Waals surface area contributed by atoms with Crippen LogP contribution in [0.4, 0.5) is 0 Å². The molecule has 0 spiro atoms. The van der Waals surface area contributed by atoms with Gasteiger partial charge in [-0.15, -0.1) is 11.3 Å². The first-order valence-electron chi connectivity index (χ1n) is 6.50. The molecular weight excluding hydrogens is 313 g/mol. The highest BCUT2D eigenvalue weighted by molar-refractivity contribution is 7.20. The quantitative estimate of drug-likeness (QED) is 0.775. The molecule has 0 saturated heterocycles. The molecule has 1 aromatic heterocycles. The van der Waals surface area contributed by atoms with E-state index in [1.165, 1.54) is 16.9 Å². The van der Waals surface area contributed by atoms with Gasteiger partial charge in [-0.3, -0.25) is 0 Å². The van der Waals surface area contributed by atoms with Crippen molar-refractivity contribution in [2.45, 2.75) is 26.4 Å². The van der Waals surface area contributed by atoms with Crippen molar-refractivity contribution < 1.29 is 4.74 Å². The number of thiophene rings is 1. The van der Waals surface area contributed by atoms with E-state index in [0.29, 0.717) is 6.61 Å². The summed E-state index contributed by atoms with van der Waals surface area (Å²) in [5.74, 6) is 0.899. The maximum Gasteiger partial charge on any atom is 0.119 e. The topological polar surface area (TPSA) is 21.3 Å². The Labute approximate surface area is 133 Å². The van der Waals surface area contributed by atoms with Crippen LogP contribution < -0.4 is 10.1 Å². The van der Waals surface area contributed by atoms with E-state index in [0.717, 1.165) is 26.5 Å². The highest BCUT2D eigenvalue weighted by Crippen LogP contribution is 2.34. The molecule has 0 radical (unpaired) electrons. The normalized spacial score (nSPS) is 12.4. The van der Waals surface area contributed by atoms with Gasteiger partial charge in [0.1, 0.15) is 5.75 Å². The summed E-state index contributed by atoms with van der Waals surface area (Å²) in [4.78, 5) is 0. The molecule has 0 amide bonds. The molecule has 5 heteroatoms. The zero-order chi connectivity index (χ0) is 14.5. The molecule has 0 aliphatic rings. The molecule has 108 valence electrons. The lowest BCUT2D eigenvalue weighted by Gasteiger charge is -2.14. The highest BCUT2D eigenvalue weighted by Gasteiger charge is 2.12. The molecule has 20 heavy (non-hydrogen) atoms. The molecule has 1 N–H and O–H groups in total. The predicted octanol–water partition coefficient (Wildman–Crippen LogP) is 5.30. The van der Waals surface area contributed by atoms with Crippen molar-refractivity contribution in [2.75, 3.05) is 6.61 Å². The van der Waals surface area contributed by atoms with Gasteiger partial charge in [0.25, 0.3) is 0 Å². The fraction of sp³-hybridized carbons (Fsp3) is 0.333. The minimum absolute atomic E-state index is 0.155. The van der Waals surface area contributed by atoms with Gasteiger partial charge in [0.05, 0.1) is 15.3 Å². The Balaban J connectivity index is 1.98. The first-order chi connectivity index (χ1) is 9.60. The van der Waals surface area contributed by atoms with Crippen molar-refractivity contribution in [3.63, 3.8) is 0 Å². The molecule has 0 aliphatic heterocycles. The van der Waals surface area contributed by atoms with E-state index >= 15 is 0 Å². The number of hydrogen-bond donors (Lipinski definition) is 1. The van der Waals surface area contributed by atoms with Crippen molar-refractivity contribution in [1.29, 1.82) is 0 Å². The number of halogens is 2. The summed E-state index contributed by atoms with van der Waals surface area (Å²) in [5, 5.41) is 3.45. The Morgan fingerprint density at radius 2 is 2.10 bits per heavy atom. The SMILES string of the molecule is CCOc1cccc(CNC(C)c2cc(Cl)sc2Cl)c1. The summed E-state index contributed by atoms with van der Waals surface area (Å²) < 4.78 is 6.96. The zero-order valence-corrected chi connectivity index (χ0v) is 13.8. The zero-order valence-electron chi connectivity index (χ0n) is 11.5. The summed E-state index contributed by atoms with van der Waals surface area (Å²) >= 11 is 13.5. The Kier molecular flexibility index (Phi) is 5.73. The van der Waals surface area contributed by atoms with Gasteiger partial charge in [0.2, 0.25) is 0 Å². The van der Waals surface area contributed by atoms with E-state index in [1.54, 1.807) is 0 Å². The molecule has 0 fully saturated rings. The lowest BCUT2D eigenvalue weighted by Crippen LogP contribution is -2.17. The number of hydrogen-bond acceptors (Lipinski definition) is 3. The monoisotopic (exact) mass is 329 g/mol. The fourth-order valence-corrected chi connectivity index (χ4v) is 3.59. The van der Waals surface area contributed by atoms with Crippen molar-refractivity contribution in [3.05, 3.63) is 50.1 Å². The Morgan fingerprint density at radius 3 is 2.75 bits per heavy atom. The first-order valence-corrected chi connectivity index (χ1v) is 8.07. The largest absolute Gasteiger partial charge is 0.494 e. The van der Waals surface area contributed by atoms with Gasteiger partial charge in [-0.2, -0.15) is 0 Å². The third kappa shape index (κ3) is 4.13. The van der Waals surface area contributed by atoms with Crippen LogP contribution >= 0.6 is 34.5 Å². The van der Waals surface area contributed by atoms with Crippen molar-refractivity contribution >= 4 is 34.5 Å². The average Bonchev–Trinajstić information content (AvgIpc) is 2.76. The predicted molar refractivity (Wildman–Crippen MR) is 87.2 cm³/mol. The molecule has 1 unspecified atom stereocenters. The Bertz CT molecular complexity index is 571. The summed E-state index contributed by atoms with van der Waals surface area (Å²) in [6.45, 7) is 5.49. The summed E-state index contributed by atoms with van der Waals surface area (Å²) in [5.41, 5.74) is 2.22. The molecular formula is C15H17Cl2NOS. The van der Waals surface area contributed by atoms with Gasteiger partial charge < -0.3 is 10.1 Å². The molecule has 1 aromatic carbocycles. The van der Waals surface area contributed by atoms with E-state index in [2.05, 4.69) is 18.3 Å². The lowest BCUT2D eigenvalue weighted by molar-refractivity contribution is 0.339. The van der Waals surface area contributed by atoms with Gasteiger partial charge in [0.15, 0.2) is 0 Å². The van der Waals surface area contributed by atoms with Crippen LogP contribution in [0.15, 0.2) is 30.3 Å². The lowest BCUT2D eigenvalue weighted by atomic mass is 10.1. The van der Waals surface area contributed by atoms with Crippen LogP contribution in [0.3, 0.4) is 0 Å². The van der Waals surface area contributed by atoms with Gasteiger partial charge in [-0.05, 0) is 43.2 Å². The van der Waals surface area contributed by atoms with E-state index < -0.39 is 0 Å². The van der Waals surface area contributed by atoms with Gasteiger partial charge in [-0.25, -0.2) is 0 Å². The molecule has 0 aliphatic carbocycles. The molecule has 2 aromatic rings. The van der Waals surface area contributed by atoms with Crippen LogP contribution in [-0.2, 0) is 6.54 Å². The third-order valence-corrected chi connectivity index (χ3v) is 4.49. The van der Waals surface area contributed by atoms with Crippen LogP contribution in [-0.4, -0.2) is 6.61 Å². The Morgan fingerprint density at radius 1 is 1.30 bits per heavy atom. The maximum absolute atomic E-state index is 6.16. The van der Waals surface area contributed by atoms with E-state index in [9.17, 15) is 0 Å². The number of nitrogens with one attached hydrogen (secondary N) is 1. The molecule has 0 bridgehead atoms. The van der Waals surface area contributed by atoms with E-state index in [1.807, 2.05) is 31.2 Å². The summed E-state index contributed by atoms with van der Waals surface area (Å²) in [6.07, 6.45) is 0. The number of rotatable bonds is 6. The molecule has 1 heterocycles. The average molecular weight is 330 g/mol. The number of benzene rings is 1. The van der Waals surface area contributed by atoms with Gasteiger partial charge >= 0.3 is 0 Å². The maximum atomic E-state index is 6.16. The van der Waals surface area contributed by atoms with Crippen LogP contribution in [0.5, 0.6) is 5.75 Å². The highest BCUT2D eigenvalue weighted by atomic mass is 35.5. The van der Waals surface area contributed by atoms with Crippen LogP contribution in [0.2, 0.25) is 8.67 Å². The van der Waals surface area contributed by atoms with Crippen LogP contribution in [0.25, 0.3) is 0 Å². The van der Waals surface area contributed by atoms with Crippen molar-refractivity contribution in [1.82, 2.24) is 5.32 Å². The Hall–Kier alpha value is -0.740. The second kappa shape index (κ2) is 7.32. The van der Waals surface area contributed by atoms with Crippen LogP contribution in [0.1, 0.15) is 31.0 Å². The van der Waals surface area contributed by atoms with E-state index in [-0.39, 0.29) is 6.04 Å². The van der Waals surface area contributed by atoms with Crippen LogP contribution in [0, 0.1) is 0 Å². The second-order valence-electron chi connectivity index (χ2n) is 4.46. The summed E-state index contributed by atoms with van der Waals surface area (Å²) in [6, 6.07) is 10.2. The molecule has 2 nitrogen and oxygen atoms in total. The first kappa shape index (κ1) is 15.6. The number of ether oxygens (including phenoxy) is 1. The fourth-order valence-electron chi connectivity index (χ4n) is 1.94. The second-order valence-corrected chi connectivity index (χ2v) is 6.75. The molecule has 0 saturated carbocycles. The van der Waals surface area contributed by atoms with Crippen molar-refractivity contribution in [2.24, 2.45) is 0 Å². The molecule has 1 atom stereocenters. The van der Waals surface area contributed by atoms with Crippen molar-refractivity contribution in [3.8, 4) is 5.75 Å². The van der Waals surface area contributed by atoms with Gasteiger partial charge in [-0.1, -0.05) is 35.3 Å². The smallest absolute Gasteiger partial charge is 0.119 e. The molecule has 2 rings (SSSR count). The standard InChI is InChI=1S/C15H17Cl2NOS/c1-3-19-12-6-4-5-11(7-12)9-18-10(2)13-8-14(16)20-15(13)17/h4-8,10,18H,3,9H2,1-2H3. The minimum atomic E-state index is 0.155.